The fourth-order valence-corrected chi connectivity index (χ4v) is 4.20. The molecule has 1 aromatic heterocycles. The number of ether oxygens (including phenoxy) is 1. The van der Waals surface area contributed by atoms with Gasteiger partial charge in [-0.25, -0.2) is 0 Å². The Hall–Kier alpha value is -4.07. The zero-order valence-electron chi connectivity index (χ0n) is 18.4. The van der Waals surface area contributed by atoms with E-state index in [1.165, 1.54) is 7.11 Å². The zero-order valence-corrected chi connectivity index (χ0v) is 18.4. The summed E-state index contributed by atoms with van der Waals surface area (Å²) in [6.45, 7) is 1.48. The third kappa shape index (κ3) is 4.59. The molecule has 4 rings (SSSR count). The Balaban J connectivity index is 1.73. The van der Waals surface area contributed by atoms with Crippen LogP contribution in [0.25, 0.3) is 21.9 Å². The molecule has 8 heteroatoms. The van der Waals surface area contributed by atoms with Gasteiger partial charge in [0.2, 0.25) is 12.5 Å². The van der Waals surface area contributed by atoms with E-state index in [1.807, 2.05) is 37.3 Å². The van der Waals surface area contributed by atoms with Crippen molar-refractivity contribution in [3.63, 3.8) is 0 Å². The van der Waals surface area contributed by atoms with Crippen LogP contribution < -0.4 is 15.8 Å². The lowest BCUT2D eigenvalue weighted by Gasteiger charge is -2.18. The highest BCUT2D eigenvalue weighted by Gasteiger charge is 2.27. The molecule has 0 aliphatic rings. The third-order valence-corrected chi connectivity index (χ3v) is 5.78. The number of anilines is 1. The van der Waals surface area contributed by atoms with Gasteiger partial charge in [-0.05, 0) is 42.3 Å². The average Bonchev–Trinajstić information content (AvgIpc) is 3.17. The Morgan fingerprint density at radius 2 is 1.94 bits per heavy atom. The van der Waals surface area contributed by atoms with Crippen molar-refractivity contribution < 1.29 is 18.9 Å². The second-order valence-corrected chi connectivity index (χ2v) is 8.04. The van der Waals surface area contributed by atoms with Crippen LogP contribution >= 0.6 is 0 Å². The van der Waals surface area contributed by atoms with Crippen molar-refractivity contribution in [2.45, 2.75) is 25.3 Å². The van der Waals surface area contributed by atoms with Crippen LogP contribution in [0.2, 0.25) is 0 Å². The number of rotatable bonds is 8. The summed E-state index contributed by atoms with van der Waals surface area (Å²) in [5.74, 6) is -0.432. The lowest BCUT2D eigenvalue weighted by Crippen LogP contribution is -2.29. The van der Waals surface area contributed by atoms with Crippen LogP contribution in [0.1, 0.15) is 36.4 Å². The highest BCUT2D eigenvalue weighted by molar-refractivity contribution is 6.09. The number of methoxy groups -OCH3 is 1. The van der Waals surface area contributed by atoms with Gasteiger partial charge in [0.15, 0.2) is 11.3 Å². The average molecular weight is 447 g/mol. The maximum Gasteiger partial charge on any atom is 0.221 e. The van der Waals surface area contributed by atoms with Gasteiger partial charge >= 0.3 is 0 Å². The monoisotopic (exact) mass is 447 g/mol. The molecule has 3 N–H and O–H groups in total. The molecular formula is C25H25N3O5. The first-order valence-electron chi connectivity index (χ1n) is 10.6. The summed E-state index contributed by atoms with van der Waals surface area (Å²) < 4.78 is 11.4. The Morgan fingerprint density at radius 1 is 1.18 bits per heavy atom. The summed E-state index contributed by atoms with van der Waals surface area (Å²) in [6, 6.07) is 18.1. The number of furan rings is 1. The Morgan fingerprint density at radius 3 is 2.64 bits per heavy atom. The summed E-state index contributed by atoms with van der Waals surface area (Å²) in [5, 5.41) is 15.9. The number of nitrogens with zero attached hydrogens (tertiary/aromatic N) is 1. The molecule has 0 saturated carbocycles. The summed E-state index contributed by atoms with van der Waals surface area (Å²) >= 11 is 0. The Labute approximate surface area is 190 Å². The first-order valence-corrected chi connectivity index (χ1v) is 10.6. The molecule has 0 aliphatic carbocycles. The fraction of sp³-hybridized carbons (Fsp3) is 0.240. The summed E-state index contributed by atoms with van der Waals surface area (Å²) in [4.78, 5) is 24.0. The third-order valence-electron chi connectivity index (χ3n) is 5.78. The molecule has 8 nitrogen and oxygen atoms in total. The van der Waals surface area contributed by atoms with Crippen molar-refractivity contribution >= 4 is 33.5 Å². The minimum absolute atomic E-state index is 0.0471. The van der Waals surface area contributed by atoms with Crippen molar-refractivity contribution in [2.24, 2.45) is 0 Å². The molecule has 0 fully saturated rings. The van der Waals surface area contributed by atoms with Gasteiger partial charge in [-0.15, -0.1) is 0 Å². The van der Waals surface area contributed by atoms with E-state index in [1.54, 1.807) is 30.3 Å². The van der Waals surface area contributed by atoms with Crippen molar-refractivity contribution in [2.75, 3.05) is 19.4 Å². The smallest absolute Gasteiger partial charge is 0.221 e. The topological polar surface area (TPSA) is 121 Å². The van der Waals surface area contributed by atoms with E-state index in [4.69, 9.17) is 14.9 Å². The predicted octanol–water partition coefficient (Wildman–Crippen LogP) is 4.80. The molecule has 0 saturated heterocycles. The van der Waals surface area contributed by atoms with Gasteiger partial charge in [0, 0.05) is 27.8 Å². The van der Waals surface area contributed by atoms with Gasteiger partial charge in [0.1, 0.15) is 5.58 Å². The van der Waals surface area contributed by atoms with Gasteiger partial charge in [0.05, 0.1) is 19.1 Å². The molecular weight excluding hydrogens is 422 g/mol. The standard InChI is InChI=1S/C25H25N3O5/c1-15(16-6-4-3-5-7-16)27-23(29)12-17(14-28(30)31)19-9-11-22(32-2)25-24(19)20-13-18(26)8-10-21(20)33-25/h3-11,13,15,17H,12,14,26H2,1-2H3,(H,27,29)/t15-,17?/m1/s1. The number of hydrogen-bond acceptors (Lipinski definition) is 6. The number of nitrogen functional groups attached to an aromatic ring is 1. The number of fused-ring (bicyclic) bond motifs is 3. The predicted molar refractivity (Wildman–Crippen MR) is 127 cm³/mol. The van der Waals surface area contributed by atoms with E-state index in [9.17, 15) is 14.9 Å². The van der Waals surface area contributed by atoms with E-state index in [-0.39, 0.29) is 18.4 Å². The quantitative estimate of drug-likeness (QED) is 0.227. The molecule has 0 spiro atoms. The molecule has 1 unspecified atom stereocenters. The number of benzene rings is 3. The van der Waals surface area contributed by atoms with Crippen molar-refractivity contribution in [3.05, 3.63) is 81.9 Å². The van der Waals surface area contributed by atoms with Crippen LogP contribution in [0.5, 0.6) is 5.75 Å². The van der Waals surface area contributed by atoms with Crippen LogP contribution in [0.15, 0.2) is 65.1 Å². The normalized spacial score (nSPS) is 13.0. The van der Waals surface area contributed by atoms with Crippen LogP contribution in [0, 0.1) is 10.1 Å². The second-order valence-electron chi connectivity index (χ2n) is 8.04. The number of carbonyl (C=O) groups is 1. The SMILES string of the molecule is COc1ccc(C(CC(=O)N[C@H](C)c2ccccc2)C[N+](=O)[O-])c2c1oc1ccc(N)cc12. The first kappa shape index (κ1) is 22.1. The van der Waals surface area contributed by atoms with Crippen LogP contribution in [0.4, 0.5) is 5.69 Å². The lowest BCUT2D eigenvalue weighted by atomic mass is 9.90. The minimum atomic E-state index is -0.668. The number of hydrogen-bond donors (Lipinski definition) is 2. The van der Waals surface area contributed by atoms with Crippen molar-refractivity contribution in [3.8, 4) is 5.75 Å². The Bertz CT molecular complexity index is 1320. The van der Waals surface area contributed by atoms with Gasteiger partial charge in [-0.3, -0.25) is 14.9 Å². The summed E-state index contributed by atoms with van der Waals surface area (Å²) in [6.07, 6.45) is -0.0471. The first-order chi connectivity index (χ1) is 15.9. The number of amides is 1. The van der Waals surface area contributed by atoms with E-state index < -0.39 is 17.4 Å². The van der Waals surface area contributed by atoms with Gasteiger partial charge < -0.3 is 20.2 Å². The Kier molecular flexibility index (Phi) is 6.17. The number of nitro groups is 1. The van der Waals surface area contributed by atoms with E-state index in [2.05, 4.69) is 5.32 Å². The molecule has 0 bridgehead atoms. The molecule has 170 valence electrons. The van der Waals surface area contributed by atoms with E-state index in [0.717, 1.165) is 10.9 Å². The summed E-state index contributed by atoms with van der Waals surface area (Å²) in [7, 11) is 1.53. The fourth-order valence-electron chi connectivity index (χ4n) is 4.20. The van der Waals surface area contributed by atoms with Crippen LogP contribution in [-0.2, 0) is 4.79 Å². The van der Waals surface area contributed by atoms with Gasteiger partial charge in [-0.1, -0.05) is 36.4 Å². The molecule has 3 aromatic carbocycles. The molecule has 0 aliphatic heterocycles. The molecule has 1 amide bonds. The van der Waals surface area contributed by atoms with Crippen molar-refractivity contribution in [1.29, 1.82) is 0 Å². The number of carbonyl (C=O) groups excluding carboxylic acids is 1. The zero-order chi connectivity index (χ0) is 23.5. The molecule has 33 heavy (non-hydrogen) atoms. The second kappa shape index (κ2) is 9.20. The number of nitrogens with two attached hydrogens (primary N) is 1. The van der Waals surface area contributed by atoms with Crippen LogP contribution in [-0.4, -0.2) is 24.5 Å². The highest BCUT2D eigenvalue weighted by Crippen LogP contribution is 2.41. The highest BCUT2D eigenvalue weighted by atomic mass is 16.6. The van der Waals surface area contributed by atoms with Crippen LogP contribution in [0.3, 0.4) is 0 Å². The molecule has 0 radical (unpaired) electrons. The largest absolute Gasteiger partial charge is 0.493 e. The molecule has 4 aromatic rings. The molecule has 2 atom stereocenters. The van der Waals surface area contributed by atoms with Gasteiger partial charge in [0.25, 0.3) is 0 Å². The van der Waals surface area contributed by atoms with E-state index >= 15 is 0 Å². The van der Waals surface area contributed by atoms with Crippen molar-refractivity contribution in [1.82, 2.24) is 5.32 Å². The maximum atomic E-state index is 12.9. The van der Waals surface area contributed by atoms with Gasteiger partial charge in [-0.2, -0.15) is 0 Å². The lowest BCUT2D eigenvalue weighted by molar-refractivity contribution is -0.483. The minimum Gasteiger partial charge on any atom is -0.493 e. The maximum absolute atomic E-state index is 12.9. The summed E-state index contributed by atoms with van der Waals surface area (Å²) in [5.41, 5.74) is 9.21. The van der Waals surface area contributed by atoms with E-state index in [0.29, 0.717) is 33.6 Å². The number of nitrogens with one attached hydrogen (secondary N) is 1. The molecule has 1 heterocycles.